The van der Waals surface area contributed by atoms with E-state index in [-0.39, 0.29) is 23.9 Å². The van der Waals surface area contributed by atoms with Crippen LogP contribution in [0.2, 0.25) is 0 Å². The van der Waals surface area contributed by atoms with Crippen LogP contribution in [0.25, 0.3) is 0 Å². The molecule has 0 atom stereocenters. The molecule has 0 bridgehead atoms. The van der Waals surface area contributed by atoms with E-state index in [0.717, 1.165) is 0 Å². The Balaban J connectivity index is 0. The van der Waals surface area contributed by atoms with Crippen molar-refractivity contribution in [3.05, 3.63) is 0 Å². The number of hydrogen-bond donors (Lipinski definition) is 0. The molecule has 0 amide bonds. The van der Waals surface area contributed by atoms with Crippen molar-refractivity contribution in [2.75, 3.05) is 0 Å². The van der Waals surface area contributed by atoms with Gasteiger partial charge in [0.25, 0.3) is 0 Å². The molecule has 0 rings (SSSR count). The minimum Gasteiger partial charge on any atom is -0.790 e. The van der Waals surface area contributed by atoms with E-state index in [9.17, 15) is 28.7 Å². The Morgan fingerprint density at radius 1 is 0.900 bits per heavy atom. The van der Waals surface area contributed by atoms with Gasteiger partial charge in [-0.25, -0.2) is 0 Å². The van der Waals surface area contributed by atoms with Crippen molar-refractivity contribution in [2.24, 2.45) is 0 Å². The molecule has 10 heteroatoms. The summed E-state index contributed by atoms with van der Waals surface area (Å²) in [4.78, 5) is 37.3. The summed E-state index contributed by atoms with van der Waals surface area (Å²) in [5.74, 6) is 0. The molecule has 0 aromatic heterocycles. The molecule has 0 saturated carbocycles. The van der Waals surface area contributed by atoms with Crippen molar-refractivity contribution in [1.29, 1.82) is 0 Å². The van der Waals surface area contributed by atoms with E-state index in [1.54, 1.807) is 0 Å². The Bertz CT molecular complexity index is 152. The zero-order valence-electron chi connectivity index (χ0n) is 4.25. The number of rotatable bonds is 2. The summed E-state index contributed by atoms with van der Waals surface area (Å²) in [7, 11) is -11.4. The molecule has 0 radical (unpaired) electrons. The molecule has 10 heavy (non-hydrogen) atoms. The second-order valence-electron chi connectivity index (χ2n) is 0.976. The average molecular weight is 293 g/mol. The van der Waals surface area contributed by atoms with Gasteiger partial charge >= 0.3 is 23.9 Å². The predicted molar refractivity (Wildman–Crippen MR) is 22.1 cm³/mol. The van der Waals surface area contributed by atoms with Crippen LogP contribution in [0.15, 0.2) is 0 Å². The standard InChI is InChI=1S/H4O7P2.Sn/c1-8(2,3)7-9(4,5)6;/h(H2,1,2,3)(H2,4,5,6);/q;+4/p-4. The van der Waals surface area contributed by atoms with Gasteiger partial charge in [0.05, 0.1) is 15.6 Å². The molecule has 0 spiro atoms. The quantitative estimate of drug-likeness (QED) is 0.377. The Labute approximate surface area is 72.8 Å². The van der Waals surface area contributed by atoms with Crippen LogP contribution in [0, 0.1) is 0 Å². The minimum absolute atomic E-state index is 0. The van der Waals surface area contributed by atoms with Gasteiger partial charge in [-0.05, 0) is 0 Å². The normalized spacial score (nSPS) is 12.4. The van der Waals surface area contributed by atoms with E-state index >= 15 is 0 Å². The van der Waals surface area contributed by atoms with Gasteiger partial charge in [0.2, 0.25) is 0 Å². The van der Waals surface area contributed by atoms with Gasteiger partial charge in [-0.1, -0.05) is 0 Å². The summed E-state index contributed by atoms with van der Waals surface area (Å²) < 4.78 is 21.2. The van der Waals surface area contributed by atoms with Crippen LogP contribution < -0.4 is 19.6 Å². The van der Waals surface area contributed by atoms with E-state index in [4.69, 9.17) is 0 Å². The van der Waals surface area contributed by atoms with Crippen LogP contribution >= 0.6 is 15.6 Å². The van der Waals surface area contributed by atoms with Crippen LogP contribution in [0.3, 0.4) is 0 Å². The molecule has 7 nitrogen and oxygen atoms in total. The van der Waals surface area contributed by atoms with Crippen LogP contribution in [0.5, 0.6) is 0 Å². The number of hydrogen-bond acceptors (Lipinski definition) is 7. The van der Waals surface area contributed by atoms with E-state index in [1.165, 1.54) is 0 Å². The molecular weight excluding hydrogens is 293 g/mol. The fourth-order valence-corrected chi connectivity index (χ4v) is 1.10. The fourth-order valence-electron chi connectivity index (χ4n) is 0.122. The predicted octanol–water partition coefficient (Wildman–Crippen LogP) is -3.72. The first-order valence-electron chi connectivity index (χ1n) is 1.46. The Hall–Kier alpha value is 1.06. The molecular formula is O7P2Sn. The zero-order valence-corrected chi connectivity index (χ0v) is 8.90. The van der Waals surface area contributed by atoms with Crippen LogP contribution in [-0.2, 0) is 13.4 Å². The second kappa shape index (κ2) is 4.18. The summed E-state index contributed by atoms with van der Waals surface area (Å²) in [6, 6.07) is 0. The van der Waals surface area contributed by atoms with Gasteiger partial charge in [-0.15, -0.1) is 0 Å². The first-order chi connectivity index (χ1) is 3.71. The summed E-state index contributed by atoms with van der Waals surface area (Å²) in [6.45, 7) is 0. The maximum Gasteiger partial charge on any atom is 4.00 e. The molecule has 0 aliphatic rings. The van der Waals surface area contributed by atoms with Gasteiger partial charge < -0.3 is 33.0 Å². The third-order valence-electron chi connectivity index (χ3n) is 0.200. The monoisotopic (exact) mass is 294 g/mol. The molecule has 0 aliphatic heterocycles. The van der Waals surface area contributed by atoms with Crippen molar-refractivity contribution < 1.29 is 33.0 Å². The molecule has 0 aromatic carbocycles. The molecule has 0 aliphatic carbocycles. The van der Waals surface area contributed by atoms with E-state index in [1.807, 2.05) is 0 Å². The Kier molecular flexibility index (Phi) is 5.69. The van der Waals surface area contributed by atoms with Crippen LogP contribution in [-0.4, -0.2) is 23.9 Å². The molecule has 0 heterocycles. The summed E-state index contributed by atoms with van der Waals surface area (Å²) in [5.41, 5.74) is 0. The van der Waals surface area contributed by atoms with Crippen molar-refractivity contribution in [3.63, 3.8) is 0 Å². The SMILES string of the molecule is O=P([O-])([O-])OP(=O)([O-])[O-].[Sn+4]. The number of phosphoric acid groups is 2. The second-order valence-corrected chi connectivity index (χ2v) is 3.42. The van der Waals surface area contributed by atoms with Crippen molar-refractivity contribution in [2.45, 2.75) is 0 Å². The van der Waals surface area contributed by atoms with Gasteiger partial charge in [0, 0.05) is 0 Å². The smallest absolute Gasteiger partial charge is 0.790 e. The summed E-state index contributed by atoms with van der Waals surface area (Å²) >= 11 is 0. The Morgan fingerprint density at radius 2 is 1.10 bits per heavy atom. The first kappa shape index (κ1) is 13.6. The van der Waals surface area contributed by atoms with Crippen LogP contribution in [0.4, 0.5) is 0 Å². The molecule has 0 aromatic rings. The maximum atomic E-state index is 9.32. The van der Waals surface area contributed by atoms with E-state index < -0.39 is 15.6 Å². The minimum atomic E-state index is -5.68. The summed E-state index contributed by atoms with van der Waals surface area (Å²) in [5, 5.41) is 0. The molecule has 0 saturated heterocycles. The van der Waals surface area contributed by atoms with Crippen molar-refractivity contribution in [1.82, 2.24) is 0 Å². The van der Waals surface area contributed by atoms with E-state index in [0.29, 0.717) is 0 Å². The third-order valence-corrected chi connectivity index (χ3v) is 1.80. The van der Waals surface area contributed by atoms with Gasteiger partial charge in [0.15, 0.2) is 0 Å². The van der Waals surface area contributed by atoms with Gasteiger partial charge in [-0.3, -0.25) is 0 Å². The molecule has 0 unspecified atom stereocenters. The van der Waals surface area contributed by atoms with Gasteiger partial charge in [0.1, 0.15) is 0 Å². The average Bonchev–Trinajstić information content (AvgIpc) is 1.14. The molecule has 56 valence electrons. The van der Waals surface area contributed by atoms with Gasteiger partial charge in [-0.2, -0.15) is 0 Å². The third kappa shape index (κ3) is 11.8. The largest absolute Gasteiger partial charge is 4.00 e. The van der Waals surface area contributed by atoms with Crippen LogP contribution in [0.1, 0.15) is 0 Å². The Morgan fingerprint density at radius 3 is 1.10 bits per heavy atom. The topological polar surface area (TPSA) is 136 Å². The fraction of sp³-hybridized carbons (Fsp3) is 0. The first-order valence-corrected chi connectivity index (χ1v) is 4.38. The molecule has 0 N–H and O–H groups in total. The van der Waals surface area contributed by atoms with Crippen molar-refractivity contribution >= 4 is 39.6 Å². The maximum absolute atomic E-state index is 9.32. The zero-order chi connectivity index (χ0) is 7.71. The molecule has 0 fully saturated rings. The van der Waals surface area contributed by atoms with E-state index in [2.05, 4.69) is 4.31 Å². The van der Waals surface area contributed by atoms with Crippen molar-refractivity contribution in [3.8, 4) is 0 Å². The summed E-state index contributed by atoms with van der Waals surface area (Å²) in [6.07, 6.45) is 0.